The molecule has 2 aliphatic heterocycles. The summed E-state index contributed by atoms with van der Waals surface area (Å²) in [4.78, 5) is 11.8. The SMILES string of the molecule is CCn1c2nc(OC[C@@]34CCCN3C[C@H](F)C4)nc(OCc3ccccc3)c2c2c1c(Br)nn2C. The van der Waals surface area contributed by atoms with Crippen LogP contribution in [0.4, 0.5) is 4.39 Å². The average molecular weight is 543 g/mol. The Morgan fingerprint density at radius 1 is 1.17 bits per heavy atom. The lowest BCUT2D eigenvalue weighted by atomic mass is 9.95. The summed E-state index contributed by atoms with van der Waals surface area (Å²) in [5.74, 6) is 0.456. The van der Waals surface area contributed by atoms with Crippen LogP contribution in [0.15, 0.2) is 34.9 Å². The van der Waals surface area contributed by atoms with E-state index >= 15 is 0 Å². The highest BCUT2D eigenvalue weighted by atomic mass is 79.9. The third kappa shape index (κ3) is 3.78. The minimum Gasteiger partial charge on any atom is -0.472 e. The molecule has 0 radical (unpaired) electrons. The van der Waals surface area contributed by atoms with Gasteiger partial charge in [-0.3, -0.25) is 9.58 Å². The molecule has 2 fully saturated rings. The number of halogens is 2. The molecule has 10 heteroatoms. The van der Waals surface area contributed by atoms with Gasteiger partial charge in [-0.1, -0.05) is 30.3 Å². The summed E-state index contributed by atoms with van der Waals surface area (Å²) in [6, 6.07) is 10.2. The van der Waals surface area contributed by atoms with Gasteiger partial charge >= 0.3 is 6.01 Å². The van der Waals surface area contributed by atoms with Crippen LogP contribution in [0.1, 0.15) is 31.7 Å². The molecule has 1 aromatic carbocycles. The molecule has 8 nitrogen and oxygen atoms in total. The highest BCUT2D eigenvalue weighted by molar-refractivity contribution is 9.10. The maximum Gasteiger partial charge on any atom is 0.321 e. The van der Waals surface area contributed by atoms with Crippen LogP contribution in [0.2, 0.25) is 0 Å². The van der Waals surface area contributed by atoms with Gasteiger partial charge in [0.05, 0.1) is 5.54 Å². The number of fused-ring (bicyclic) bond motifs is 4. The van der Waals surface area contributed by atoms with Crippen molar-refractivity contribution in [2.24, 2.45) is 7.05 Å². The number of ether oxygens (including phenoxy) is 2. The molecular weight excluding hydrogens is 515 g/mol. The first-order chi connectivity index (χ1) is 17.0. The van der Waals surface area contributed by atoms with Crippen molar-refractivity contribution in [2.45, 2.75) is 51.0 Å². The van der Waals surface area contributed by atoms with E-state index in [-0.39, 0.29) is 11.5 Å². The zero-order chi connectivity index (χ0) is 24.2. The summed E-state index contributed by atoms with van der Waals surface area (Å²) in [6.07, 6.45) is 1.69. The number of alkyl halides is 1. The summed E-state index contributed by atoms with van der Waals surface area (Å²) in [6.45, 7) is 4.90. The summed E-state index contributed by atoms with van der Waals surface area (Å²) < 4.78 is 31.4. The smallest absolute Gasteiger partial charge is 0.321 e. The molecule has 184 valence electrons. The molecule has 0 unspecified atom stereocenters. The van der Waals surface area contributed by atoms with Gasteiger partial charge in [-0.2, -0.15) is 15.1 Å². The topological polar surface area (TPSA) is 70.2 Å². The van der Waals surface area contributed by atoms with E-state index in [1.54, 1.807) is 0 Å². The quantitative estimate of drug-likeness (QED) is 0.339. The van der Waals surface area contributed by atoms with Crippen LogP contribution in [0.5, 0.6) is 11.9 Å². The van der Waals surface area contributed by atoms with E-state index in [1.165, 1.54) is 0 Å². The number of rotatable bonds is 7. The molecule has 0 N–H and O–H groups in total. The molecule has 4 aromatic rings. The normalized spacial score (nSPS) is 22.3. The van der Waals surface area contributed by atoms with Crippen molar-refractivity contribution in [1.82, 2.24) is 29.2 Å². The third-order valence-corrected chi connectivity index (χ3v) is 7.88. The van der Waals surface area contributed by atoms with Crippen molar-refractivity contribution < 1.29 is 13.9 Å². The summed E-state index contributed by atoms with van der Waals surface area (Å²) in [5.41, 5.74) is 3.35. The van der Waals surface area contributed by atoms with Gasteiger partial charge in [0, 0.05) is 26.6 Å². The highest BCUT2D eigenvalue weighted by Gasteiger charge is 2.49. The van der Waals surface area contributed by atoms with Crippen LogP contribution in [-0.4, -0.2) is 60.6 Å². The molecule has 2 atom stereocenters. The predicted octanol–water partition coefficient (Wildman–Crippen LogP) is 4.63. The first kappa shape index (κ1) is 22.7. The molecule has 0 saturated carbocycles. The number of nitrogens with zero attached hydrogens (tertiary/aromatic N) is 6. The van der Waals surface area contributed by atoms with Crippen molar-refractivity contribution in [3.8, 4) is 11.9 Å². The van der Waals surface area contributed by atoms with Crippen molar-refractivity contribution in [1.29, 1.82) is 0 Å². The van der Waals surface area contributed by atoms with Crippen molar-refractivity contribution in [2.75, 3.05) is 19.7 Å². The maximum absolute atomic E-state index is 14.2. The standard InChI is InChI=1S/C25H28BrFN6O2/c1-3-33-20-19(31(2)30-21(20)26)18-22(33)28-24(29-23(18)34-14-16-8-5-4-6-9-16)35-15-25-10-7-11-32(25)13-17(27)12-25/h4-6,8-9,17H,3,7,10-15H2,1-2H3/t17-,25+/m1/s1. The highest BCUT2D eigenvalue weighted by Crippen LogP contribution is 2.41. The molecule has 0 spiro atoms. The molecule has 5 heterocycles. The molecular formula is C25H28BrFN6O2. The van der Waals surface area contributed by atoms with E-state index in [4.69, 9.17) is 19.4 Å². The third-order valence-electron chi connectivity index (χ3n) is 7.35. The van der Waals surface area contributed by atoms with E-state index in [9.17, 15) is 4.39 Å². The molecule has 0 aliphatic carbocycles. The largest absolute Gasteiger partial charge is 0.472 e. The first-order valence-corrected chi connectivity index (χ1v) is 12.9. The van der Waals surface area contributed by atoms with Gasteiger partial charge in [0.25, 0.3) is 0 Å². The monoisotopic (exact) mass is 542 g/mol. The fourth-order valence-electron chi connectivity index (χ4n) is 5.77. The van der Waals surface area contributed by atoms with Gasteiger partial charge in [0.15, 0.2) is 10.3 Å². The molecule has 35 heavy (non-hydrogen) atoms. The lowest BCUT2D eigenvalue weighted by Gasteiger charge is -2.30. The van der Waals surface area contributed by atoms with Gasteiger partial charge in [-0.25, -0.2) is 4.39 Å². The predicted molar refractivity (Wildman–Crippen MR) is 134 cm³/mol. The first-order valence-electron chi connectivity index (χ1n) is 12.1. The number of aromatic nitrogens is 5. The number of benzene rings is 1. The van der Waals surface area contributed by atoms with Gasteiger partial charge in [-0.05, 0) is 47.8 Å². The minimum atomic E-state index is -0.806. The summed E-state index contributed by atoms with van der Waals surface area (Å²) in [5, 5.41) is 5.35. The number of hydrogen-bond donors (Lipinski definition) is 0. The number of aryl methyl sites for hydroxylation is 2. The Balaban J connectivity index is 1.42. The van der Waals surface area contributed by atoms with Crippen LogP contribution < -0.4 is 9.47 Å². The zero-order valence-corrected chi connectivity index (χ0v) is 21.5. The Bertz CT molecular complexity index is 1390. The van der Waals surface area contributed by atoms with Crippen LogP contribution in [-0.2, 0) is 20.2 Å². The van der Waals surface area contributed by atoms with Crippen molar-refractivity contribution >= 4 is 38.0 Å². The minimum absolute atomic E-state index is 0.255. The van der Waals surface area contributed by atoms with Crippen molar-refractivity contribution in [3.63, 3.8) is 0 Å². The molecule has 0 bridgehead atoms. The van der Waals surface area contributed by atoms with Crippen LogP contribution in [0.3, 0.4) is 0 Å². The second-order valence-corrected chi connectivity index (χ2v) is 10.3. The fraction of sp³-hybridized carbons (Fsp3) is 0.480. The van der Waals surface area contributed by atoms with E-state index in [2.05, 4.69) is 37.4 Å². The second kappa shape index (κ2) is 8.74. The van der Waals surface area contributed by atoms with Crippen LogP contribution in [0, 0.1) is 0 Å². The summed E-state index contributed by atoms with van der Waals surface area (Å²) in [7, 11) is 1.90. The molecule has 3 aromatic heterocycles. The zero-order valence-electron chi connectivity index (χ0n) is 19.9. The lowest BCUT2D eigenvalue weighted by Crippen LogP contribution is -2.43. The maximum atomic E-state index is 14.2. The van der Waals surface area contributed by atoms with Gasteiger partial charge in [0.2, 0.25) is 5.88 Å². The Morgan fingerprint density at radius 2 is 2.00 bits per heavy atom. The fourth-order valence-corrected chi connectivity index (χ4v) is 6.41. The Labute approximate surface area is 211 Å². The van der Waals surface area contributed by atoms with Crippen molar-refractivity contribution in [3.05, 3.63) is 40.5 Å². The molecule has 0 amide bonds. The Morgan fingerprint density at radius 3 is 2.80 bits per heavy atom. The Kier molecular flexibility index (Phi) is 5.68. The van der Waals surface area contributed by atoms with Gasteiger partial charge in [-0.15, -0.1) is 0 Å². The molecule has 6 rings (SSSR count). The van der Waals surface area contributed by atoms with E-state index < -0.39 is 6.17 Å². The van der Waals surface area contributed by atoms with Gasteiger partial charge in [0.1, 0.15) is 35.8 Å². The lowest BCUT2D eigenvalue weighted by molar-refractivity contribution is 0.106. The van der Waals surface area contributed by atoms with E-state index in [1.807, 2.05) is 42.1 Å². The van der Waals surface area contributed by atoms with E-state index in [0.29, 0.717) is 38.6 Å². The van der Waals surface area contributed by atoms with Crippen LogP contribution in [0.25, 0.3) is 22.1 Å². The van der Waals surface area contributed by atoms with Gasteiger partial charge < -0.3 is 14.0 Å². The molecule has 2 aliphatic rings. The average Bonchev–Trinajstić information content (AvgIpc) is 3.55. The number of hydrogen-bond acceptors (Lipinski definition) is 6. The Hall–Kier alpha value is -2.72. The molecule has 2 saturated heterocycles. The van der Waals surface area contributed by atoms with Crippen LogP contribution >= 0.6 is 15.9 Å². The van der Waals surface area contributed by atoms with E-state index in [0.717, 1.165) is 51.6 Å². The second-order valence-electron chi connectivity index (χ2n) is 9.50. The summed E-state index contributed by atoms with van der Waals surface area (Å²) >= 11 is 3.60.